The van der Waals surface area contributed by atoms with Crippen LogP contribution in [-0.2, 0) is 6.42 Å². The van der Waals surface area contributed by atoms with E-state index in [2.05, 4.69) is 5.32 Å². The van der Waals surface area contributed by atoms with E-state index < -0.39 is 0 Å². The zero-order chi connectivity index (χ0) is 13.7. The van der Waals surface area contributed by atoms with E-state index in [1.165, 1.54) is 0 Å². The van der Waals surface area contributed by atoms with Crippen LogP contribution in [0.3, 0.4) is 0 Å². The maximum absolute atomic E-state index is 7.84. The highest BCUT2D eigenvalue weighted by atomic mass is 16.5. The van der Waals surface area contributed by atoms with E-state index in [1.54, 1.807) is 19.1 Å². The molecule has 0 amide bonds. The normalized spacial score (nSPS) is 9.72. The third-order valence-electron chi connectivity index (χ3n) is 2.61. The monoisotopic (exact) mass is 249 g/mol. The van der Waals surface area contributed by atoms with E-state index in [0.717, 1.165) is 17.7 Å². The van der Waals surface area contributed by atoms with Crippen molar-refractivity contribution >= 4 is 17.6 Å². The molecule has 0 aliphatic heterocycles. The van der Waals surface area contributed by atoms with E-state index in [1.807, 2.05) is 25.1 Å². The number of hydrogen-bond acceptors (Lipinski definition) is 3. The van der Waals surface area contributed by atoms with Crippen molar-refractivity contribution in [3.05, 3.63) is 23.8 Å². The maximum Gasteiger partial charge on any atom is 0.202 e. The first-order valence-electron chi connectivity index (χ1n) is 5.60. The lowest BCUT2D eigenvalue weighted by Crippen LogP contribution is -2.44. The van der Waals surface area contributed by atoms with Gasteiger partial charge in [-0.25, -0.2) is 0 Å². The number of guanidine groups is 2. The first kappa shape index (κ1) is 13.8. The lowest BCUT2D eigenvalue weighted by molar-refractivity contribution is 0.415. The molecule has 0 radical (unpaired) electrons. The highest BCUT2D eigenvalue weighted by molar-refractivity contribution is 6.04. The maximum atomic E-state index is 7.84. The second-order valence-electron chi connectivity index (χ2n) is 3.77. The molecule has 0 aromatic heterocycles. The van der Waals surface area contributed by atoms with Crippen LogP contribution in [0.2, 0.25) is 0 Å². The van der Waals surface area contributed by atoms with Gasteiger partial charge in [-0.05, 0) is 18.1 Å². The summed E-state index contributed by atoms with van der Waals surface area (Å²) in [4.78, 5) is 1.61. The van der Waals surface area contributed by atoms with Crippen LogP contribution in [0.25, 0.3) is 0 Å². The summed E-state index contributed by atoms with van der Waals surface area (Å²) in [5, 5.41) is 17.4. The van der Waals surface area contributed by atoms with Crippen molar-refractivity contribution in [2.75, 3.05) is 19.1 Å². The van der Waals surface area contributed by atoms with Gasteiger partial charge in [-0.15, -0.1) is 0 Å². The van der Waals surface area contributed by atoms with Crippen LogP contribution in [0.15, 0.2) is 18.2 Å². The number of nitrogens with zero attached hydrogens (tertiary/aromatic N) is 1. The minimum Gasteiger partial charge on any atom is -0.495 e. The Balaban J connectivity index is 3.13. The fourth-order valence-corrected chi connectivity index (χ4v) is 1.72. The van der Waals surface area contributed by atoms with Gasteiger partial charge >= 0.3 is 0 Å². The number of ether oxygens (including phenoxy) is 1. The number of nitrogens with two attached hydrogens (primary N) is 1. The van der Waals surface area contributed by atoms with Gasteiger partial charge in [-0.2, -0.15) is 0 Å². The zero-order valence-corrected chi connectivity index (χ0v) is 10.9. The van der Waals surface area contributed by atoms with E-state index >= 15 is 0 Å². The molecule has 0 unspecified atom stereocenters. The Morgan fingerprint density at radius 2 is 2.11 bits per heavy atom. The van der Waals surface area contributed by atoms with E-state index in [-0.39, 0.29) is 11.9 Å². The molecular formula is C12H19N5O. The van der Waals surface area contributed by atoms with Gasteiger partial charge in [0.1, 0.15) is 5.75 Å². The van der Waals surface area contributed by atoms with Gasteiger partial charge in [0.05, 0.1) is 12.8 Å². The molecule has 98 valence electrons. The Labute approximate surface area is 107 Å². The fourth-order valence-electron chi connectivity index (χ4n) is 1.72. The van der Waals surface area contributed by atoms with Crippen molar-refractivity contribution in [3.8, 4) is 5.75 Å². The van der Waals surface area contributed by atoms with Crippen LogP contribution >= 0.6 is 0 Å². The van der Waals surface area contributed by atoms with Gasteiger partial charge in [0.2, 0.25) is 5.96 Å². The van der Waals surface area contributed by atoms with Crippen molar-refractivity contribution in [1.29, 1.82) is 10.8 Å². The third kappa shape index (κ3) is 2.91. The standard InChI is InChI=1S/C12H19N5O/c1-4-8-6-5-7-9(18-3)10(8)17(2)12(15)16-11(13)14/h5-7H,4H2,1-3H3,(H5,13,14,15,16). The Morgan fingerprint density at radius 1 is 1.44 bits per heavy atom. The number of nitrogens with one attached hydrogen (secondary N) is 3. The Morgan fingerprint density at radius 3 is 2.61 bits per heavy atom. The summed E-state index contributed by atoms with van der Waals surface area (Å²) >= 11 is 0. The van der Waals surface area contributed by atoms with Crippen LogP contribution in [0.5, 0.6) is 5.75 Å². The van der Waals surface area contributed by atoms with Crippen LogP contribution in [0.1, 0.15) is 12.5 Å². The smallest absolute Gasteiger partial charge is 0.202 e. The van der Waals surface area contributed by atoms with Crippen LogP contribution in [0, 0.1) is 10.8 Å². The predicted octanol–water partition coefficient (Wildman–Crippen LogP) is 1.11. The number of methoxy groups -OCH3 is 1. The molecule has 0 bridgehead atoms. The first-order chi connectivity index (χ1) is 8.51. The lowest BCUT2D eigenvalue weighted by atomic mass is 10.1. The van der Waals surface area contributed by atoms with Crippen LogP contribution in [-0.4, -0.2) is 26.1 Å². The van der Waals surface area contributed by atoms with E-state index in [4.69, 9.17) is 21.3 Å². The van der Waals surface area contributed by atoms with Gasteiger partial charge < -0.3 is 15.4 Å². The van der Waals surface area contributed by atoms with Gasteiger partial charge in [-0.3, -0.25) is 16.1 Å². The van der Waals surface area contributed by atoms with Crippen LogP contribution < -0.4 is 20.7 Å². The van der Waals surface area contributed by atoms with E-state index in [0.29, 0.717) is 5.75 Å². The van der Waals surface area contributed by atoms with Gasteiger partial charge in [0.25, 0.3) is 0 Å². The van der Waals surface area contributed by atoms with Crippen molar-refractivity contribution in [3.63, 3.8) is 0 Å². The number of benzene rings is 1. The molecule has 0 aliphatic carbocycles. The highest BCUT2D eigenvalue weighted by Crippen LogP contribution is 2.31. The largest absolute Gasteiger partial charge is 0.495 e. The van der Waals surface area contributed by atoms with Gasteiger partial charge in [-0.1, -0.05) is 19.1 Å². The molecule has 18 heavy (non-hydrogen) atoms. The van der Waals surface area contributed by atoms with Gasteiger partial charge in [0.15, 0.2) is 5.96 Å². The summed E-state index contributed by atoms with van der Waals surface area (Å²) in [5.74, 6) is 0.452. The molecule has 0 saturated carbocycles. The van der Waals surface area contributed by atoms with Crippen LogP contribution in [0.4, 0.5) is 5.69 Å². The molecule has 1 aromatic rings. The predicted molar refractivity (Wildman–Crippen MR) is 73.6 cm³/mol. The average molecular weight is 249 g/mol. The number of aryl methyl sites for hydroxylation is 1. The van der Waals surface area contributed by atoms with E-state index in [9.17, 15) is 0 Å². The third-order valence-corrected chi connectivity index (χ3v) is 2.61. The van der Waals surface area contributed by atoms with Gasteiger partial charge in [0, 0.05) is 7.05 Å². The molecule has 1 aromatic carbocycles. The summed E-state index contributed by atoms with van der Waals surface area (Å²) in [6.45, 7) is 2.04. The molecule has 0 fully saturated rings. The SMILES string of the molecule is CCc1cccc(OC)c1N(C)C(=N)NC(=N)N. The molecule has 5 N–H and O–H groups in total. The van der Waals surface area contributed by atoms with Crippen molar-refractivity contribution in [1.82, 2.24) is 5.32 Å². The lowest BCUT2D eigenvalue weighted by Gasteiger charge is -2.24. The Bertz CT molecular complexity index is 436. The second kappa shape index (κ2) is 5.90. The van der Waals surface area contributed by atoms with Crippen molar-refractivity contribution < 1.29 is 4.74 Å². The fraction of sp³-hybridized carbons (Fsp3) is 0.333. The molecule has 1 rings (SSSR count). The second-order valence-corrected chi connectivity index (χ2v) is 3.77. The van der Waals surface area contributed by atoms with Crippen molar-refractivity contribution in [2.45, 2.75) is 13.3 Å². The molecule has 0 spiro atoms. The molecule has 0 atom stereocenters. The molecule has 0 heterocycles. The Kier molecular flexibility index (Phi) is 4.53. The number of para-hydroxylation sites is 1. The minimum absolute atomic E-state index is 0.0294. The number of anilines is 1. The van der Waals surface area contributed by atoms with Crippen molar-refractivity contribution in [2.24, 2.45) is 5.73 Å². The topological polar surface area (TPSA) is 98.2 Å². The summed E-state index contributed by atoms with van der Waals surface area (Å²) < 4.78 is 5.31. The molecular weight excluding hydrogens is 230 g/mol. The summed E-state index contributed by atoms with van der Waals surface area (Å²) in [6, 6.07) is 5.73. The minimum atomic E-state index is -0.264. The zero-order valence-electron chi connectivity index (χ0n) is 10.9. The molecule has 6 heteroatoms. The number of hydrogen-bond donors (Lipinski definition) is 4. The number of rotatable bonds is 3. The quantitative estimate of drug-likeness (QED) is 0.476. The summed E-state index contributed by atoms with van der Waals surface area (Å²) in [5.41, 5.74) is 7.09. The molecule has 0 aliphatic rings. The highest BCUT2D eigenvalue weighted by Gasteiger charge is 2.16. The molecule has 0 saturated heterocycles. The Hall–Kier alpha value is -2.24. The summed E-state index contributed by atoms with van der Waals surface area (Å²) in [6.07, 6.45) is 0.824. The summed E-state index contributed by atoms with van der Waals surface area (Å²) in [7, 11) is 3.32. The first-order valence-corrected chi connectivity index (χ1v) is 5.60. The molecule has 6 nitrogen and oxygen atoms in total. The average Bonchev–Trinajstić information content (AvgIpc) is 2.35.